The van der Waals surface area contributed by atoms with Crippen molar-refractivity contribution in [1.82, 2.24) is 9.78 Å². The van der Waals surface area contributed by atoms with E-state index in [1.807, 2.05) is 77.8 Å². The molecule has 0 radical (unpaired) electrons. The van der Waals surface area contributed by atoms with E-state index in [4.69, 9.17) is 5.10 Å². The van der Waals surface area contributed by atoms with Crippen LogP contribution in [0.3, 0.4) is 0 Å². The summed E-state index contributed by atoms with van der Waals surface area (Å²) < 4.78 is 2.95. The Morgan fingerprint density at radius 1 is 0.852 bits per heavy atom. The maximum Gasteiger partial charge on any atom is 0.101 e. The monoisotopic (exact) mass is 415 g/mol. The normalized spacial score (nSPS) is 11.1. The molecule has 0 aliphatic carbocycles. The fourth-order valence-corrected chi connectivity index (χ4v) is 3.12. The Hall–Kier alpha value is -2.98. The minimum Gasteiger partial charge on any atom is -0.288 e. The summed E-state index contributed by atoms with van der Waals surface area (Å²) in [4.78, 5) is 4.63. The average Bonchev–Trinajstić information content (AvgIpc) is 3.14. The minimum absolute atomic E-state index is 0.650. The van der Waals surface area contributed by atoms with Crippen molar-refractivity contribution in [2.75, 3.05) is 0 Å². The van der Waals surface area contributed by atoms with Gasteiger partial charge in [0.25, 0.3) is 0 Å². The smallest absolute Gasteiger partial charge is 0.101 e. The molecule has 4 rings (SSSR count). The summed E-state index contributed by atoms with van der Waals surface area (Å²) in [6, 6.07) is 28.6. The van der Waals surface area contributed by atoms with Gasteiger partial charge in [0.2, 0.25) is 0 Å². The van der Waals surface area contributed by atoms with Crippen LogP contribution in [-0.2, 0) is 6.54 Å². The highest BCUT2D eigenvalue weighted by atomic mass is 79.9. The van der Waals surface area contributed by atoms with Crippen LogP contribution in [0.25, 0.3) is 16.9 Å². The van der Waals surface area contributed by atoms with Crippen LogP contribution in [0.1, 0.15) is 11.1 Å². The van der Waals surface area contributed by atoms with Crippen LogP contribution in [-0.4, -0.2) is 16.0 Å². The second-order valence-electron chi connectivity index (χ2n) is 6.18. The fourth-order valence-electron chi connectivity index (χ4n) is 2.86. The van der Waals surface area contributed by atoms with Gasteiger partial charge in [0.15, 0.2) is 0 Å². The molecule has 4 heteroatoms. The molecule has 0 aliphatic heterocycles. The molecular formula is C23H18BrN3. The molecule has 0 aliphatic rings. The zero-order chi connectivity index (χ0) is 18.5. The van der Waals surface area contributed by atoms with Crippen molar-refractivity contribution in [1.29, 1.82) is 0 Å². The molecule has 0 spiro atoms. The van der Waals surface area contributed by atoms with Crippen LogP contribution in [0.5, 0.6) is 0 Å². The lowest BCUT2D eigenvalue weighted by molar-refractivity contribution is 0.884. The third-order valence-corrected chi connectivity index (χ3v) is 4.76. The molecule has 3 aromatic carbocycles. The second kappa shape index (κ2) is 8.14. The number of halogens is 1. The predicted molar refractivity (Wildman–Crippen MR) is 114 cm³/mol. The SMILES string of the molecule is Brc1ccc(-c2nn(-c3ccccc3)cc2C=NCc2ccccc2)cc1. The summed E-state index contributed by atoms with van der Waals surface area (Å²) in [6.45, 7) is 0.650. The Balaban J connectivity index is 1.69. The fraction of sp³-hybridized carbons (Fsp3) is 0.0435. The Labute approximate surface area is 167 Å². The van der Waals surface area contributed by atoms with Gasteiger partial charge in [-0.3, -0.25) is 4.99 Å². The van der Waals surface area contributed by atoms with Crippen molar-refractivity contribution in [2.45, 2.75) is 6.54 Å². The molecule has 0 atom stereocenters. The van der Waals surface area contributed by atoms with Crippen molar-refractivity contribution in [3.05, 3.63) is 107 Å². The van der Waals surface area contributed by atoms with E-state index in [0.29, 0.717) is 6.54 Å². The van der Waals surface area contributed by atoms with E-state index in [1.54, 1.807) is 0 Å². The molecule has 1 aromatic heterocycles. The third-order valence-electron chi connectivity index (χ3n) is 4.23. The van der Waals surface area contributed by atoms with E-state index >= 15 is 0 Å². The van der Waals surface area contributed by atoms with Crippen molar-refractivity contribution in [3.63, 3.8) is 0 Å². The summed E-state index contributed by atoms with van der Waals surface area (Å²) in [5, 5.41) is 4.82. The molecule has 1 heterocycles. The van der Waals surface area contributed by atoms with Crippen molar-refractivity contribution in [2.24, 2.45) is 4.99 Å². The zero-order valence-corrected chi connectivity index (χ0v) is 16.3. The molecule has 3 nitrogen and oxygen atoms in total. The molecule has 0 bridgehead atoms. The van der Waals surface area contributed by atoms with E-state index in [0.717, 1.165) is 27.0 Å². The van der Waals surface area contributed by atoms with Crippen molar-refractivity contribution >= 4 is 22.1 Å². The van der Waals surface area contributed by atoms with Crippen molar-refractivity contribution in [3.8, 4) is 16.9 Å². The Morgan fingerprint density at radius 3 is 2.22 bits per heavy atom. The highest BCUT2D eigenvalue weighted by Crippen LogP contribution is 2.24. The van der Waals surface area contributed by atoms with E-state index in [9.17, 15) is 0 Å². The Kier molecular flexibility index (Phi) is 5.26. The van der Waals surface area contributed by atoms with E-state index in [2.05, 4.69) is 45.2 Å². The third kappa shape index (κ3) is 4.23. The van der Waals surface area contributed by atoms with Crippen LogP contribution in [0.2, 0.25) is 0 Å². The summed E-state index contributed by atoms with van der Waals surface area (Å²) >= 11 is 3.49. The first-order chi connectivity index (χ1) is 13.3. The van der Waals surface area contributed by atoms with E-state index < -0.39 is 0 Å². The van der Waals surface area contributed by atoms with Crippen LogP contribution < -0.4 is 0 Å². The Bertz CT molecular complexity index is 1040. The number of hydrogen-bond donors (Lipinski definition) is 0. The van der Waals surface area contributed by atoms with E-state index in [-0.39, 0.29) is 0 Å². The van der Waals surface area contributed by atoms with Crippen LogP contribution in [0.4, 0.5) is 0 Å². The lowest BCUT2D eigenvalue weighted by Gasteiger charge is -2.01. The number of aliphatic imine (C=N–C) groups is 1. The first-order valence-electron chi connectivity index (χ1n) is 8.74. The topological polar surface area (TPSA) is 30.2 Å². The maximum atomic E-state index is 4.82. The van der Waals surface area contributed by atoms with Gasteiger partial charge in [0, 0.05) is 28.0 Å². The lowest BCUT2D eigenvalue weighted by Crippen LogP contribution is -1.93. The summed E-state index contributed by atoms with van der Waals surface area (Å²) in [5.41, 5.74) is 5.20. The van der Waals surface area contributed by atoms with Gasteiger partial charge in [-0.25, -0.2) is 4.68 Å². The standard InChI is InChI=1S/C23H18BrN3/c24-21-13-11-19(12-14-21)23-20(16-25-15-18-7-3-1-4-8-18)17-27(26-23)22-9-5-2-6-10-22/h1-14,16-17H,15H2. The maximum absolute atomic E-state index is 4.82. The molecule has 0 N–H and O–H groups in total. The average molecular weight is 416 g/mol. The van der Waals surface area contributed by atoms with Gasteiger partial charge in [-0.2, -0.15) is 5.10 Å². The molecule has 0 fully saturated rings. The van der Waals surface area contributed by atoms with Gasteiger partial charge in [-0.1, -0.05) is 76.6 Å². The van der Waals surface area contributed by atoms with Gasteiger partial charge in [-0.05, 0) is 29.8 Å². The molecule has 0 unspecified atom stereocenters. The number of benzene rings is 3. The first kappa shape index (κ1) is 17.4. The molecule has 0 saturated carbocycles. The molecule has 0 amide bonds. The minimum atomic E-state index is 0.650. The van der Waals surface area contributed by atoms with Crippen LogP contribution in [0.15, 0.2) is 101 Å². The molecule has 0 saturated heterocycles. The van der Waals surface area contributed by atoms with Gasteiger partial charge in [0.1, 0.15) is 5.69 Å². The quantitative estimate of drug-likeness (QED) is 0.372. The number of rotatable bonds is 5. The highest BCUT2D eigenvalue weighted by molar-refractivity contribution is 9.10. The largest absolute Gasteiger partial charge is 0.288 e. The first-order valence-corrected chi connectivity index (χ1v) is 9.54. The van der Waals surface area contributed by atoms with Gasteiger partial charge in [0.05, 0.1) is 12.2 Å². The van der Waals surface area contributed by atoms with Gasteiger partial charge in [-0.15, -0.1) is 0 Å². The number of nitrogens with zero attached hydrogens (tertiary/aromatic N) is 3. The summed E-state index contributed by atoms with van der Waals surface area (Å²) in [6.07, 6.45) is 3.94. The van der Waals surface area contributed by atoms with Gasteiger partial charge < -0.3 is 0 Å². The molecular weight excluding hydrogens is 398 g/mol. The number of hydrogen-bond acceptors (Lipinski definition) is 2. The van der Waals surface area contributed by atoms with Gasteiger partial charge >= 0.3 is 0 Å². The van der Waals surface area contributed by atoms with Crippen LogP contribution >= 0.6 is 15.9 Å². The van der Waals surface area contributed by atoms with E-state index in [1.165, 1.54) is 5.56 Å². The lowest BCUT2D eigenvalue weighted by atomic mass is 10.1. The highest BCUT2D eigenvalue weighted by Gasteiger charge is 2.11. The zero-order valence-electron chi connectivity index (χ0n) is 14.7. The molecule has 27 heavy (non-hydrogen) atoms. The summed E-state index contributed by atoms with van der Waals surface area (Å²) in [7, 11) is 0. The van der Waals surface area contributed by atoms with Crippen molar-refractivity contribution < 1.29 is 0 Å². The number of aromatic nitrogens is 2. The molecule has 4 aromatic rings. The van der Waals surface area contributed by atoms with Crippen LogP contribution in [0, 0.1) is 0 Å². The molecule has 132 valence electrons. The number of para-hydroxylation sites is 1. The Morgan fingerprint density at radius 2 is 1.52 bits per heavy atom. The predicted octanol–water partition coefficient (Wildman–Crippen LogP) is 5.92. The second-order valence-corrected chi connectivity index (χ2v) is 7.09. The summed E-state index contributed by atoms with van der Waals surface area (Å²) in [5.74, 6) is 0.